The first-order valence-electron chi connectivity index (χ1n) is 5.01. The first kappa shape index (κ1) is 11.6. The second-order valence-corrected chi connectivity index (χ2v) is 3.98. The molecular formula is C12H17NO2. The molecule has 0 atom stereocenters. The number of nitrogen functional groups attached to an aromatic ring is 1. The summed E-state index contributed by atoms with van der Waals surface area (Å²) < 4.78 is 5.13. The summed E-state index contributed by atoms with van der Waals surface area (Å²) in [6.45, 7) is 4.02. The van der Waals surface area contributed by atoms with Crippen LogP contribution in [0.2, 0.25) is 0 Å². The Labute approximate surface area is 90.2 Å². The molecule has 0 unspecified atom stereocenters. The quantitative estimate of drug-likeness (QED) is 0.609. The molecule has 1 aromatic rings. The Hall–Kier alpha value is -1.51. The largest absolute Gasteiger partial charge is 0.496 e. The fraction of sp³-hybridized carbons (Fsp3) is 0.417. The lowest BCUT2D eigenvalue weighted by Crippen LogP contribution is -2.06. The first-order chi connectivity index (χ1) is 7.04. The van der Waals surface area contributed by atoms with Gasteiger partial charge in [0.1, 0.15) is 5.75 Å². The van der Waals surface area contributed by atoms with Gasteiger partial charge in [-0.2, -0.15) is 0 Å². The number of rotatable bonds is 4. The van der Waals surface area contributed by atoms with E-state index in [0.717, 1.165) is 0 Å². The summed E-state index contributed by atoms with van der Waals surface area (Å²) in [6, 6.07) is 5.12. The van der Waals surface area contributed by atoms with Crippen LogP contribution in [0.25, 0.3) is 0 Å². The van der Waals surface area contributed by atoms with Crippen LogP contribution in [-0.4, -0.2) is 12.9 Å². The van der Waals surface area contributed by atoms with E-state index in [4.69, 9.17) is 10.5 Å². The number of carbonyl (C=O) groups is 1. The minimum Gasteiger partial charge on any atom is -0.496 e. The molecule has 1 rings (SSSR count). The molecule has 0 aliphatic heterocycles. The van der Waals surface area contributed by atoms with Gasteiger partial charge in [0.2, 0.25) is 0 Å². The van der Waals surface area contributed by atoms with Gasteiger partial charge in [-0.3, -0.25) is 4.79 Å². The maximum absolute atomic E-state index is 11.9. The van der Waals surface area contributed by atoms with Gasteiger partial charge in [-0.05, 0) is 24.1 Å². The van der Waals surface area contributed by atoms with Crippen LogP contribution in [0.1, 0.15) is 30.6 Å². The highest BCUT2D eigenvalue weighted by atomic mass is 16.5. The normalized spacial score (nSPS) is 10.4. The Morgan fingerprint density at radius 3 is 2.67 bits per heavy atom. The van der Waals surface area contributed by atoms with E-state index >= 15 is 0 Å². The molecular weight excluding hydrogens is 190 g/mol. The number of Topliss-reactive ketones (excluding diaryl/α,β-unsaturated/α-hetero) is 1. The highest BCUT2D eigenvalue weighted by Crippen LogP contribution is 2.23. The van der Waals surface area contributed by atoms with Crippen molar-refractivity contribution in [1.82, 2.24) is 0 Å². The fourth-order valence-electron chi connectivity index (χ4n) is 1.42. The third kappa shape index (κ3) is 2.98. The summed E-state index contributed by atoms with van der Waals surface area (Å²) in [5.74, 6) is 1.01. The van der Waals surface area contributed by atoms with Gasteiger partial charge in [0.05, 0.1) is 12.7 Å². The van der Waals surface area contributed by atoms with E-state index in [1.807, 2.05) is 13.8 Å². The summed E-state index contributed by atoms with van der Waals surface area (Å²) >= 11 is 0. The monoisotopic (exact) mass is 207 g/mol. The van der Waals surface area contributed by atoms with Crippen LogP contribution in [0.4, 0.5) is 5.69 Å². The summed E-state index contributed by atoms with van der Waals surface area (Å²) in [5.41, 5.74) is 6.80. The van der Waals surface area contributed by atoms with Gasteiger partial charge in [0, 0.05) is 12.1 Å². The standard InChI is InChI=1S/C12H17NO2/c1-8(2)6-11(14)10-7-9(13)4-5-12(10)15-3/h4-5,7-8H,6,13H2,1-3H3. The molecule has 82 valence electrons. The number of ether oxygens (including phenoxy) is 1. The number of hydrogen-bond acceptors (Lipinski definition) is 3. The average Bonchev–Trinajstić information content (AvgIpc) is 2.16. The van der Waals surface area contributed by atoms with Crippen molar-refractivity contribution in [3.05, 3.63) is 23.8 Å². The zero-order valence-corrected chi connectivity index (χ0v) is 9.41. The molecule has 1 aromatic carbocycles. The average molecular weight is 207 g/mol. The lowest BCUT2D eigenvalue weighted by atomic mass is 10.00. The number of carbonyl (C=O) groups excluding carboxylic acids is 1. The molecule has 15 heavy (non-hydrogen) atoms. The molecule has 0 saturated heterocycles. The van der Waals surface area contributed by atoms with Crippen LogP contribution in [0.5, 0.6) is 5.75 Å². The highest BCUT2D eigenvalue weighted by Gasteiger charge is 2.13. The molecule has 3 heteroatoms. The second-order valence-electron chi connectivity index (χ2n) is 3.98. The third-order valence-corrected chi connectivity index (χ3v) is 2.12. The SMILES string of the molecule is COc1ccc(N)cc1C(=O)CC(C)C. The van der Waals surface area contributed by atoms with Gasteiger partial charge in [0.15, 0.2) is 5.78 Å². The number of benzene rings is 1. The molecule has 0 amide bonds. The number of anilines is 1. The van der Waals surface area contributed by atoms with E-state index in [2.05, 4.69) is 0 Å². The van der Waals surface area contributed by atoms with Crippen molar-refractivity contribution in [2.45, 2.75) is 20.3 Å². The van der Waals surface area contributed by atoms with E-state index in [-0.39, 0.29) is 5.78 Å². The molecule has 0 saturated carbocycles. The van der Waals surface area contributed by atoms with E-state index in [1.54, 1.807) is 25.3 Å². The van der Waals surface area contributed by atoms with Gasteiger partial charge in [-0.25, -0.2) is 0 Å². The number of hydrogen-bond donors (Lipinski definition) is 1. The summed E-state index contributed by atoms with van der Waals surface area (Å²) in [7, 11) is 1.55. The van der Waals surface area contributed by atoms with Gasteiger partial charge >= 0.3 is 0 Å². The maximum atomic E-state index is 11.9. The van der Waals surface area contributed by atoms with Crippen molar-refractivity contribution >= 4 is 11.5 Å². The Bertz CT molecular complexity index is 359. The number of nitrogens with two attached hydrogens (primary N) is 1. The zero-order chi connectivity index (χ0) is 11.4. The fourth-order valence-corrected chi connectivity index (χ4v) is 1.42. The lowest BCUT2D eigenvalue weighted by molar-refractivity contribution is 0.0965. The summed E-state index contributed by atoms with van der Waals surface area (Å²) in [5, 5.41) is 0. The van der Waals surface area contributed by atoms with Crippen LogP contribution in [0, 0.1) is 5.92 Å². The van der Waals surface area contributed by atoms with Crippen molar-refractivity contribution in [2.75, 3.05) is 12.8 Å². The number of methoxy groups -OCH3 is 1. The van der Waals surface area contributed by atoms with Crippen LogP contribution in [0.15, 0.2) is 18.2 Å². The van der Waals surface area contributed by atoms with E-state index in [0.29, 0.717) is 29.3 Å². The topological polar surface area (TPSA) is 52.3 Å². The Morgan fingerprint density at radius 2 is 2.13 bits per heavy atom. The molecule has 0 heterocycles. The minimum atomic E-state index is 0.0779. The smallest absolute Gasteiger partial charge is 0.166 e. The van der Waals surface area contributed by atoms with Gasteiger partial charge in [-0.1, -0.05) is 13.8 Å². The van der Waals surface area contributed by atoms with Gasteiger partial charge < -0.3 is 10.5 Å². The predicted octanol–water partition coefficient (Wildman–Crippen LogP) is 2.51. The van der Waals surface area contributed by atoms with Crippen molar-refractivity contribution < 1.29 is 9.53 Å². The van der Waals surface area contributed by atoms with Crippen molar-refractivity contribution in [3.8, 4) is 5.75 Å². The van der Waals surface area contributed by atoms with Crippen molar-refractivity contribution in [2.24, 2.45) is 5.92 Å². The van der Waals surface area contributed by atoms with Crippen LogP contribution in [-0.2, 0) is 0 Å². The molecule has 0 aliphatic rings. The van der Waals surface area contributed by atoms with E-state index < -0.39 is 0 Å². The minimum absolute atomic E-state index is 0.0779. The molecule has 2 N–H and O–H groups in total. The van der Waals surface area contributed by atoms with E-state index in [9.17, 15) is 4.79 Å². The predicted molar refractivity (Wildman–Crippen MR) is 61.2 cm³/mol. The van der Waals surface area contributed by atoms with Crippen molar-refractivity contribution in [3.63, 3.8) is 0 Å². The van der Waals surface area contributed by atoms with Crippen LogP contribution in [0.3, 0.4) is 0 Å². The molecule has 0 spiro atoms. The zero-order valence-electron chi connectivity index (χ0n) is 9.41. The molecule has 3 nitrogen and oxygen atoms in total. The summed E-state index contributed by atoms with van der Waals surface area (Å²) in [6.07, 6.45) is 0.514. The third-order valence-electron chi connectivity index (χ3n) is 2.12. The lowest BCUT2D eigenvalue weighted by Gasteiger charge is -2.09. The Balaban J connectivity index is 3.00. The molecule has 0 bridgehead atoms. The van der Waals surface area contributed by atoms with Crippen LogP contribution >= 0.6 is 0 Å². The first-order valence-corrected chi connectivity index (χ1v) is 5.01. The van der Waals surface area contributed by atoms with Gasteiger partial charge in [-0.15, -0.1) is 0 Å². The second kappa shape index (κ2) is 4.82. The molecule has 0 fully saturated rings. The molecule has 0 aliphatic carbocycles. The van der Waals surface area contributed by atoms with E-state index in [1.165, 1.54) is 0 Å². The summed E-state index contributed by atoms with van der Waals surface area (Å²) in [4.78, 5) is 11.9. The molecule has 0 aromatic heterocycles. The highest BCUT2D eigenvalue weighted by molar-refractivity contribution is 5.99. The van der Waals surface area contributed by atoms with Gasteiger partial charge in [0.25, 0.3) is 0 Å². The van der Waals surface area contributed by atoms with Crippen molar-refractivity contribution in [1.29, 1.82) is 0 Å². The van der Waals surface area contributed by atoms with Crippen LogP contribution < -0.4 is 10.5 Å². The number of ketones is 1. The maximum Gasteiger partial charge on any atom is 0.166 e. The molecule has 0 radical (unpaired) electrons. The Kier molecular flexibility index (Phi) is 3.72. The Morgan fingerprint density at radius 1 is 1.47 bits per heavy atom.